The van der Waals surface area contributed by atoms with Crippen LogP contribution in [0.1, 0.15) is 17.5 Å². The van der Waals surface area contributed by atoms with Gasteiger partial charge in [0.05, 0.1) is 21.3 Å². The number of methoxy groups -OCH3 is 3. The van der Waals surface area contributed by atoms with Crippen molar-refractivity contribution in [1.82, 2.24) is 5.32 Å². The van der Waals surface area contributed by atoms with Crippen LogP contribution in [0.25, 0.3) is 0 Å². The van der Waals surface area contributed by atoms with Gasteiger partial charge in [0.25, 0.3) is 0 Å². The first-order valence-electron chi connectivity index (χ1n) is 7.77. The fourth-order valence-electron chi connectivity index (χ4n) is 2.42. The van der Waals surface area contributed by atoms with Crippen molar-refractivity contribution in [1.29, 1.82) is 0 Å². The number of aryl methyl sites for hydroxylation is 1. The summed E-state index contributed by atoms with van der Waals surface area (Å²) in [5.74, 6) is 1.91. The maximum Gasteiger partial charge on any atom is 0.220 e. The molecule has 5 heteroatoms. The summed E-state index contributed by atoms with van der Waals surface area (Å²) in [6, 6.07) is 13.5. The Bertz CT molecular complexity index is 671. The molecule has 2 aromatic rings. The molecule has 0 saturated carbocycles. The lowest BCUT2D eigenvalue weighted by atomic mass is 10.1. The van der Waals surface area contributed by atoms with E-state index in [-0.39, 0.29) is 5.91 Å². The lowest BCUT2D eigenvalue weighted by Gasteiger charge is -2.14. The minimum absolute atomic E-state index is 0.00399. The zero-order valence-corrected chi connectivity index (χ0v) is 14.3. The highest BCUT2D eigenvalue weighted by atomic mass is 16.5. The Morgan fingerprint density at radius 2 is 1.54 bits per heavy atom. The number of benzene rings is 2. The molecule has 1 amide bonds. The van der Waals surface area contributed by atoms with Gasteiger partial charge in [0.1, 0.15) is 5.75 Å². The number of hydrogen-bond donors (Lipinski definition) is 1. The van der Waals surface area contributed by atoms with Gasteiger partial charge in [-0.3, -0.25) is 4.79 Å². The van der Waals surface area contributed by atoms with E-state index in [2.05, 4.69) is 5.32 Å². The summed E-state index contributed by atoms with van der Waals surface area (Å²) in [6.07, 6.45) is 0.933. The van der Waals surface area contributed by atoms with Gasteiger partial charge in [0.15, 0.2) is 11.5 Å². The molecule has 2 rings (SSSR count). The van der Waals surface area contributed by atoms with Crippen LogP contribution in [0.3, 0.4) is 0 Å². The molecule has 0 saturated heterocycles. The van der Waals surface area contributed by atoms with Gasteiger partial charge in [-0.25, -0.2) is 0 Å². The van der Waals surface area contributed by atoms with Crippen LogP contribution in [0, 0.1) is 0 Å². The second-order valence-electron chi connectivity index (χ2n) is 5.28. The zero-order valence-electron chi connectivity index (χ0n) is 14.3. The molecule has 0 spiro atoms. The van der Waals surface area contributed by atoms with Gasteiger partial charge >= 0.3 is 0 Å². The maximum absolute atomic E-state index is 12.1. The van der Waals surface area contributed by atoms with E-state index in [9.17, 15) is 4.79 Å². The van der Waals surface area contributed by atoms with Crippen LogP contribution in [-0.4, -0.2) is 27.2 Å². The lowest BCUT2D eigenvalue weighted by Crippen LogP contribution is -2.23. The highest BCUT2D eigenvalue weighted by molar-refractivity contribution is 5.76. The fraction of sp³-hybridized carbons (Fsp3) is 0.316. The van der Waals surface area contributed by atoms with Gasteiger partial charge in [-0.2, -0.15) is 0 Å². The summed E-state index contributed by atoms with van der Waals surface area (Å²) in [6.45, 7) is 0.530. The molecule has 0 bridgehead atoms. The molecular formula is C19H23NO4. The average Bonchev–Trinajstić information content (AvgIpc) is 2.64. The van der Waals surface area contributed by atoms with E-state index in [0.717, 1.165) is 11.1 Å². The number of amides is 1. The number of carbonyl (C=O) groups is 1. The van der Waals surface area contributed by atoms with Crippen molar-refractivity contribution in [2.45, 2.75) is 19.4 Å². The van der Waals surface area contributed by atoms with Crippen molar-refractivity contribution < 1.29 is 19.0 Å². The predicted molar refractivity (Wildman–Crippen MR) is 92.7 cm³/mol. The molecule has 0 aliphatic rings. The number of rotatable bonds is 8. The highest BCUT2D eigenvalue weighted by Crippen LogP contribution is 2.35. The predicted octanol–water partition coefficient (Wildman–Crippen LogP) is 2.96. The third-order valence-electron chi connectivity index (χ3n) is 3.74. The molecule has 1 N–H and O–H groups in total. The average molecular weight is 329 g/mol. The fourth-order valence-corrected chi connectivity index (χ4v) is 2.42. The quantitative estimate of drug-likeness (QED) is 0.809. The Morgan fingerprint density at radius 3 is 2.17 bits per heavy atom. The molecule has 0 heterocycles. The molecule has 0 aliphatic carbocycles. The monoisotopic (exact) mass is 329 g/mol. The first-order chi connectivity index (χ1) is 11.7. The Labute approximate surface area is 142 Å². The van der Waals surface area contributed by atoms with E-state index in [1.165, 1.54) is 0 Å². The van der Waals surface area contributed by atoms with E-state index in [4.69, 9.17) is 14.2 Å². The van der Waals surface area contributed by atoms with Crippen LogP contribution in [-0.2, 0) is 17.8 Å². The van der Waals surface area contributed by atoms with Gasteiger partial charge in [-0.15, -0.1) is 0 Å². The molecule has 0 unspecified atom stereocenters. The standard InChI is InChI=1S/C19H23NO4/c1-22-16-12-18(24-3)17(23-2)11-15(16)9-10-19(21)20-13-14-7-5-4-6-8-14/h4-8,11-12H,9-10,13H2,1-3H3,(H,20,21). The molecular weight excluding hydrogens is 306 g/mol. The van der Waals surface area contributed by atoms with E-state index in [0.29, 0.717) is 36.6 Å². The number of hydrogen-bond acceptors (Lipinski definition) is 4. The summed E-state index contributed by atoms with van der Waals surface area (Å²) in [5, 5.41) is 2.92. The number of nitrogens with one attached hydrogen (secondary N) is 1. The van der Waals surface area contributed by atoms with Crippen LogP contribution in [0.5, 0.6) is 17.2 Å². The largest absolute Gasteiger partial charge is 0.496 e. The van der Waals surface area contributed by atoms with Crippen LogP contribution in [0.15, 0.2) is 42.5 Å². The normalized spacial score (nSPS) is 10.1. The minimum Gasteiger partial charge on any atom is -0.496 e. The first kappa shape index (κ1) is 17.7. The van der Waals surface area contributed by atoms with E-state index in [1.54, 1.807) is 27.4 Å². The van der Waals surface area contributed by atoms with Crippen molar-refractivity contribution in [2.24, 2.45) is 0 Å². The molecule has 0 aromatic heterocycles. The Hall–Kier alpha value is -2.69. The van der Waals surface area contributed by atoms with E-state index >= 15 is 0 Å². The second-order valence-corrected chi connectivity index (χ2v) is 5.28. The van der Waals surface area contributed by atoms with Crippen LogP contribution < -0.4 is 19.5 Å². The maximum atomic E-state index is 12.1. The smallest absolute Gasteiger partial charge is 0.220 e. The van der Waals surface area contributed by atoms with Crippen LogP contribution in [0.2, 0.25) is 0 Å². The Morgan fingerprint density at radius 1 is 0.917 bits per heavy atom. The van der Waals surface area contributed by atoms with Gasteiger partial charge in [-0.1, -0.05) is 30.3 Å². The summed E-state index contributed by atoms with van der Waals surface area (Å²) in [7, 11) is 4.76. The van der Waals surface area contributed by atoms with Gasteiger partial charge < -0.3 is 19.5 Å². The number of carbonyl (C=O) groups excluding carboxylic acids is 1. The third-order valence-corrected chi connectivity index (χ3v) is 3.74. The molecule has 24 heavy (non-hydrogen) atoms. The summed E-state index contributed by atoms with van der Waals surface area (Å²) >= 11 is 0. The topological polar surface area (TPSA) is 56.8 Å². The van der Waals surface area contributed by atoms with E-state index in [1.807, 2.05) is 36.4 Å². The molecule has 0 fully saturated rings. The lowest BCUT2D eigenvalue weighted by molar-refractivity contribution is -0.121. The molecule has 0 radical (unpaired) electrons. The molecule has 128 valence electrons. The van der Waals surface area contributed by atoms with Crippen LogP contribution in [0.4, 0.5) is 0 Å². The Balaban J connectivity index is 1.96. The first-order valence-corrected chi connectivity index (χ1v) is 7.77. The van der Waals surface area contributed by atoms with Crippen molar-refractivity contribution in [3.8, 4) is 17.2 Å². The summed E-state index contributed by atoms with van der Waals surface area (Å²) < 4.78 is 16.0. The van der Waals surface area contributed by atoms with Gasteiger partial charge in [0.2, 0.25) is 5.91 Å². The molecule has 5 nitrogen and oxygen atoms in total. The number of ether oxygens (including phenoxy) is 3. The van der Waals surface area contributed by atoms with Crippen LogP contribution >= 0.6 is 0 Å². The van der Waals surface area contributed by atoms with Gasteiger partial charge in [0, 0.05) is 19.0 Å². The molecule has 0 aliphatic heterocycles. The molecule has 2 aromatic carbocycles. The van der Waals surface area contributed by atoms with Crippen molar-refractivity contribution in [2.75, 3.05) is 21.3 Å². The minimum atomic E-state index is -0.00399. The Kier molecular flexibility index (Phi) is 6.49. The van der Waals surface area contributed by atoms with E-state index < -0.39 is 0 Å². The van der Waals surface area contributed by atoms with Crippen molar-refractivity contribution in [3.05, 3.63) is 53.6 Å². The third kappa shape index (κ3) is 4.65. The van der Waals surface area contributed by atoms with Crippen molar-refractivity contribution >= 4 is 5.91 Å². The zero-order chi connectivity index (χ0) is 17.4. The summed E-state index contributed by atoms with van der Waals surface area (Å²) in [4.78, 5) is 12.1. The molecule has 0 atom stereocenters. The highest BCUT2D eigenvalue weighted by Gasteiger charge is 2.13. The summed E-state index contributed by atoms with van der Waals surface area (Å²) in [5.41, 5.74) is 1.99. The SMILES string of the molecule is COc1cc(OC)c(OC)cc1CCC(=O)NCc1ccccc1. The second kappa shape index (κ2) is 8.82. The van der Waals surface area contributed by atoms with Gasteiger partial charge in [-0.05, 0) is 23.6 Å². The van der Waals surface area contributed by atoms with Crippen molar-refractivity contribution in [3.63, 3.8) is 0 Å².